The van der Waals surface area contributed by atoms with Crippen molar-refractivity contribution in [2.45, 2.75) is 12.5 Å². The molecule has 126 valence electrons. The Morgan fingerprint density at radius 3 is 2.87 bits per heavy atom. The van der Waals surface area contributed by atoms with E-state index in [9.17, 15) is 4.79 Å². The van der Waals surface area contributed by atoms with Crippen LogP contribution in [0.2, 0.25) is 0 Å². The third kappa shape index (κ3) is 4.56. The molecule has 1 amide bonds. The molecule has 2 N–H and O–H groups in total. The van der Waals surface area contributed by atoms with E-state index in [2.05, 4.69) is 15.5 Å². The molecule has 1 atom stereocenters. The fourth-order valence-corrected chi connectivity index (χ4v) is 2.69. The van der Waals surface area contributed by atoms with Crippen LogP contribution in [0.25, 0.3) is 0 Å². The van der Waals surface area contributed by atoms with E-state index >= 15 is 0 Å². The molecular weight excluding hydrogens is 312 g/mol. The first kappa shape index (κ1) is 17.5. The summed E-state index contributed by atoms with van der Waals surface area (Å²) in [4.78, 5) is 16.0. The van der Waals surface area contributed by atoms with E-state index in [-0.39, 0.29) is 5.91 Å². The largest absolute Gasteiger partial charge is 0.477 e. The minimum absolute atomic E-state index is 0.153. The lowest BCUT2D eigenvalue weighted by atomic mass is 10.2. The fraction of sp³-hybridized carbons (Fsp3) is 0.500. The first-order valence-corrected chi connectivity index (χ1v) is 8.11. The van der Waals surface area contributed by atoms with Crippen molar-refractivity contribution >= 4 is 28.9 Å². The van der Waals surface area contributed by atoms with Gasteiger partial charge in [-0.05, 0) is 51.4 Å². The van der Waals surface area contributed by atoms with Gasteiger partial charge in [0.1, 0.15) is 5.75 Å². The fourth-order valence-electron chi connectivity index (χ4n) is 2.41. The van der Waals surface area contributed by atoms with Crippen molar-refractivity contribution in [1.82, 2.24) is 15.5 Å². The zero-order valence-corrected chi connectivity index (χ0v) is 14.7. The third-order valence-electron chi connectivity index (χ3n) is 3.62. The zero-order chi connectivity index (χ0) is 16.8. The van der Waals surface area contributed by atoms with Gasteiger partial charge in [-0.15, -0.1) is 0 Å². The van der Waals surface area contributed by atoms with Gasteiger partial charge in [-0.3, -0.25) is 4.79 Å². The molecule has 1 aliphatic heterocycles. The van der Waals surface area contributed by atoms with Gasteiger partial charge in [-0.25, -0.2) is 0 Å². The highest BCUT2D eigenvalue weighted by atomic mass is 32.1. The molecule has 2 rings (SSSR count). The highest BCUT2D eigenvalue weighted by Crippen LogP contribution is 2.33. The van der Waals surface area contributed by atoms with Gasteiger partial charge in [0.2, 0.25) is 0 Å². The topological polar surface area (TPSA) is 56.8 Å². The summed E-state index contributed by atoms with van der Waals surface area (Å²) in [6.07, 6.45) is 0.425. The van der Waals surface area contributed by atoms with Crippen molar-refractivity contribution in [3.63, 3.8) is 0 Å². The first-order valence-electron chi connectivity index (χ1n) is 7.70. The van der Waals surface area contributed by atoms with Crippen molar-refractivity contribution in [3.8, 4) is 5.75 Å². The number of fused-ring (bicyclic) bond motifs is 1. The highest BCUT2D eigenvalue weighted by Gasteiger charge is 2.31. The smallest absolute Gasteiger partial charge is 0.262 e. The summed E-state index contributed by atoms with van der Waals surface area (Å²) in [7, 11) is 5.70. The molecule has 1 heterocycles. The molecule has 1 aliphatic rings. The average molecular weight is 336 g/mol. The second kappa shape index (κ2) is 8.12. The highest BCUT2D eigenvalue weighted by molar-refractivity contribution is 7.80. The van der Waals surface area contributed by atoms with Crippen molar-refractivity contribution in [2.24, 2.45) is 0 Å². The van der Waals surface area contributed by atoms with Gasteiger partial charge in [0.15, 0.2) is 11.2 Å². The summed E-state index contributed by atoms with van der Waals surface area (Å²) < 4.78 is 5.77. The Kier molecular flexibility index (Phi) is 6.18. The molecule has 0 aromatic heterocycles. The number of hydrogen-bond donors (Lipinski definition) is 2. The summed E-state index contributed by atoms with van der Waals surface area (Å²) in [5.41, 5.74) is 0.887. The molecule has 7 heteroatoms. The van der Waals surface area contributed by atoms with Crippen LogP contribution < -0.4 is 20.3 Å². The summed E-state index contributed by atoms with van der Waals surface area (Å²) in [6, 6.07) is 7.62. The molecule has 0 bridgehead atoms. The Morgan fingerprint density at radius 1 is 1.43 bits per heavy atom. The monoisotopic (exact) mass is 336 g/mol. The van der Waals surface area contributed by atoms with Gasteiger partial charge in [0.25, 0.3) is 5.91 Å². The Balaban J connectivity index is 2.06. The molecule has 0 fully saturated rings. The van der Waals surface area contributed by atoms with Gasteiger partial charge in [-0.1, -0.05) is 12.1 Å². The number of thiocarbonyl (C=S) groups is 1. The second-order valence-corrected chi connectivity index (χ2v) is 6.07. The van der Waals surface area contributed by atoms with Crippen LogP contribution in [0.4, 0.5) is 5.69 Å². The van der Waals surface area contributed by atoms with E-state index in [1.807, 2.05) is 43.3 Å². The maximum absolute atomic E-state index is 11.9. The number of para-hydroxylation sites is 2. The van der Waals surface area contributed by atoms with Crippen LogP contribution >= 0.6 is 12.2 Å². The number of nitrogens with zero attached hydrogens (tertiary/aromatic N) is 2. The third-order valence-corrected chi connectivity index (χ3v) is 3.98. The van der Waals surface area contributed by atoms with Gasteiger partial charge < -0.3 is 25.2 Å². The SMILES string of the molecule is CNC(=O)[C@H]1CN(C(=S)NCCCN(C)C)c2ccccc2O1. The summed E-state index contributed by atoms with van der Waals surface area (Å²) in [6.45, 7) is 2.19. The minimum Gasteiger partial charge on any atom is -0.477 e. The molecule has 0 radical (unpaired) electrons. The van der Waals surface area contributed by atoms with Gasteiger partial charge in [0.05, 0.1) is 12.2 Å². The van der Waals surface area contributed by atoms with Crippen molar-refractivity contribution in [3.05, 3.63) is 24.3 Å². The van der Waals surface area contributed by atoms with Crippen molar-refractivity contribution < 1.29 is 9.53 Å². The summed E-state index contributed by atoms with van der Waals surface area (Å²) in [5, 5.41) is 6.52. The number of amides is 1. The second-order valence-electron chi connectivity index (χ2n) is 5.69. The number of carbonyl (C=O) groups is 1. The number of anilines is 1. The molecule has 1 aromatic rings. The molecule has 0 unspecified atom stereocenters. The maximum Gasteiger partial charge on any atom is 0.262 e. The molecule has 0 spiro atoms. The van der Waals surface area contributed by atoms with Crippen molar-refractivity contribution in [2.75, 3.05) is 45.7 Å². The number of carbonyl (C=O) groups excluding carboxylic acids is 1. The summed E-state index contributed by atoms with van der Waals surface area (Å²) >= 11 is 5.52. The van der Waals surface area contributed by atoms with Crippen LogP contribution in [0.15, 0.2) is 24.3 Å². The minimum atomic E-state index is -0.573. The quantitative estimate of drug-likeness (QED) is 0.613. The van der Waals surface area contributed by atoms with E-state index in [0.29, 0.717) is 17.4 Å². The molecule has 0 aliphatic carbocycles. The Bertz CT molecular complexity index is 565. The van der Waals surface area contributed by atoms with Crippen LogP contribution in [0.1, 0.15) is 6.42 Å². The van der Waals surface area contributed by atoms with E-state index < -0.39 is 6.10 Å². The molecule has 6 nitrogen and oxygen atoms in total. The molecule has 1 aromatic carbocycles. The molecule has 0 saturated carbocycles. The first-order chi connectivity index (χ1) is 11.0. The van der Waals surface area contributed by atoms with E-state index in [1.54, 1.807) is 7.05 Å². The van der Waals surface area contributed by atoms with Crippen molar-refractivity contribution in [1.29, 1.82) is 0 Å². The van der Waals surface area contributed by atoms with Crippen LogP contribution in [-0.2, 0) is 4.79 Å². The number of nitrogens with one attached hydrogen (secondary N) is 2. The average Bonchev–Trinajstić information content (AvgIpc) is 2.56. The maximum atomic E-state index is 11.9. The van der Waals surface area contributed by atoms with Crippen LogP contribution in [0.3, 0.4) is 0 Å². The van der Waals surface area contributed by atoms with E-state index in [1.165, 1.54) is 0 Å². The van der Waals surface area contributed by atoms with Crippen LogP contribution in [0.5, 0.6) is 5.75 Å². The Labute approximate surface area is 142 Å². The number of ether oxygens (including phenoxy) is 1. The van der Waals surface area contributed by atoms with Gasteiger partial charge in [-0.2, -0.15) is 0 Å². The Hall–Kier alpha value is -1.86. The summed E-state index contributed by atoms with van der Waals surface area (Å²) in [5.74, 6) is 0.518. The number of benzene rings is 1. The lowest BCUT2D eigenvalue weighted by Crippen LogP contribution is -2.52. The molecule has 0 saturated heterocycles. The predicted molar refractivity (Wildman–Crippen MR) is 96.0 cm³/mol. The van der Waals surface area contributed by atoms with Crippen LogP contribution in [-0.4, -0.2) is 62.8 Å². The lowest BCUT2D eigenvalue weighted by Gasteiger charge is -2.35. The van der Waals surface area contributed by atoms with E-state index in [4.69, 9.17) is 17.0 Å². The number of likely N-dealkylation sites (N-methyl/N-ethyl adjacent to an activating group) is 1. The van der Waals surface area contributed by atoms with E-state index in [0.717, 1.165) is 25.2 Å². The molecular formula is C16H24N4O2S. The standard InChI is InChI=1S/C16H24N4O2S/c1-17-15(21)14-11-20(12-7-4-5-8-13(12)22-14)16(23)18-9-6-10-19(2)3/h4-5,7-8,14H,6,9-11H2,1-3H3,(H,17,21)(H,18,23)/t14-/m1/s1. The number of hydrogen-bond acceptors (Lipinski definition) is 4. The Morgan fingerprint density at radius 2 is 2.17 bits per heavy atom. The zero-order valence-electron chi connectivity index (χ0n) is 13.8. The normalized spacial score (nSPS) is 16.5. The van der Waals surface area contributed by atoms with Crippen LogP contribution in [0, 0.1) is 0 Å². The van der Waals surface area contributed by atoms with Gasteiger partial charge in [0, 0.05) is 13.6 Å². The predicted octanol–water partition coefficient (Wildman–Crippen LogP) is 0.826. The van der Waals surface area contributed by atoms with Gasteiger partial charge >= 0.3 is 0 Å². The lowest BCUT2D eigenvalue weighted by molar-refractivity contribution is -0.127. The molecule has 23 heavy (non-hydrogen) atoms. The number of rotatable bonds is 5.